The fourth-order valence-corrected chi connectivity index (χ4v) is 4.42. The SMILES string of the molecule is O=C(NCCN(Cc1ccco1)C1CCCC1)c1noc2c1COc1ccccc1-2. The van der Waals surface area contributed by atoms with Gasteiger partial charge in [0.15, 0.2) is 11.5 Å². The first kappa shape index (κ1) is 18.9. The normalized spacial score (nSPS) is 15.6. The number of furan rings is 1. The van der Waals surface area contributed by atoms with E-state index >= 15 is 0 Å². The maximum absolute atomic E-state index is 12.8. The number of benzene rings is 1. The molecule has 1 amide bonds. The Bertz CT molecular complexity index is 1010. The molecule has 30 heavy (non-hydrogen) atoms. The van der Waals surface area contributed by atoms with Crippen LogP contribution in [0.2, 0.25) is 0 Å². The molecule has 1 aliphatic carbocycles. The van der Waals surface area contributed by atoms with Crippen molar-refractivity contribution in [2.45, 2.75) is 44.9 Å². The van der Waals surface area contributed by atoms with Crippen molar-refractivity contribution >= 4 is 5.91 Å². The van der Waals surface area contributed by atoms with Gasteiger partial charge in [0.05, 0.1) is 23.9 Å². The zero-order valence-electron chi connectivity index (χ0n) is 16.8. The van der Waals surface area contributed by atoms with Gasteiger partial charge in [-0.25, -0.2) is 0 Å². The van der Waals surface area contributed by atoms with E-state index in [-0.39, 0.29) is 12.5 Å². The van der Waals surface area contributed by atoms with Crippen LogP contribution in [-0.4, -0.2) is 35.1 Å². The second kappa shape index (κ2) is 8.36. The minimum absolute atomic E-state index is 0.229. The summed E-state index contributed by atoms with van der Waals surface area (Å²) in [6.07, 6.45) is 6.62. The highest BCUT2D eigenvalue weighted by Gasteiger charge is 2.29. The third-order valence-electron chi connectivity index (χ3n) is 5.97. The van der Waals surface area contributed by atoms with E-state index < -0.39 is 0 Å². The minimum Gasteiger partial charge on any atom is -0.488 e. The number of nitrogens with zero attached hydrogens (tertiary/aromatic N) is 2. The highest BCUT2D eigenvalue weighted by atomic mass is 16.5. The summed E-state index contributed by atoms with van der Waals surface area (Å²) in [7, 11) is 0. The van der Waals surface area contributed by atoms with Crippen LogP contribution in [0.3, 0.4) is 0 Å². The molecule has 1 aromatic carbocycles. The molecule has 0 saturated heterocycles. The Morgan fingerprint density at radius 1 is 1.17 bits per heavy atom. The molecule has 0 radical (unpaired) electrons. The molecule has 3 heterocycles. The van der Waals surface area contributed by atoms with Crippen molar-refractivity contribution in [3.8, 4) is 17.1 Å². The van der Waals surface area contributed by atoms with Gasteiger partial charge in [-0.05, 0) is 37.1 Å². The number of hydrogen-bond acceptors (Lipinski definition) is 6. The van der Waals surface area contributed by atoms with Crippen LogP contribution in [0.25, 0.3) is 11.3 Å². The average molecular weight is 407 g/mol. The lowest BCUT2D eigenvalue weighted by Crippen LogP contribution is -2.39. The summed E-state index contributed by atoms with van der Waals surface area (Å²) in [4.78, 5) is 15.2. The lowest BCUT2D eigenvalue weighted by molar-refractivity contribution is 0.0930. The number of carbonyl (C=O) groups is 1. The number of ether oxygens (including phenoxy) is 1. The maximum atomic E-state index is 12.8. The predicted molar refractivity (Wildman–Crippen MR) is 110 cm³/mol. The van der Waals surface area contributed by atoms with E-state index in [9.17, 15) is 4.79 Å². The van der Waals surface area contributed by atoms with Crippen molar-refractivity contribution in [1.82, 2.24) is 15.4 Å². The summed E-state index contributed by atoms with van der Waals surface area (Å²) in [5, 5.41) is 7.04. The summed E-state index contributed by atoms with van der Waals surface area (Å²) in [5.41, 5.74) is 1.84. The zero-order valence-corrected chi connectivity index (χ0v) is 16.8. The third kappa shape index (κ3) is 3.73. The quantitative estimate of drug-likeness (QED) is 0.638. The number of nitrogens with one attached hydrogen (secondary N) is 1. The second-order valence-electron chi connectivity index (χ2n) is 7.87. The molecule has 5 rings (SSSR count). The number of para-hydroxylation sites is 1. The molecule has 0 unspecified atom stereocenters. The number of fused-ring (bicyclic) bond motifs is 3. The molecule has 7 nitrogen and oxygen atoms in total. The van der Waals surface area contributed by atoms with Crippen molar-refractivity contribution in [3.05, 3.63) is 59.7 Å². The van der Waals surface area contributed by atoms with Crippen molar-refractivity contribution < 1.29 is 18.5 Å². The van der Waals surface area contributed by atoms with Gasteiger partial charge in [-0.1, -0.05) is 30.1 Å². The Morgan fingerprint density at radius 2 is 2.03 bits per heavy atom. The molecule has 0 spiro atoms. The van der Waals surface area contributed by atoms with Crippen molar-refractivity contribution in [2.75, 3.05) is 13.1 Å². The molecule has 7 heteroatoms. The van der Waals surface area contributed by atoms with Gasteiger partial charge in [-0.2, -0.15) is 0 Å². The third-order valence-corrected chi connectivity index (χ3v) is 5.97. The minimum atomic E-state index is -0.229. The molecule has 3 aromatic rings. The second-order valence-corrected chi connectivity index (χ2v) is 7.87. The Morgan fingerprint density at radius 3 is 2.87 bits per heavy atom. The number of carbonyl (C=O) groups excluding carboxylic acids is 1. The Balaban J connectivity index is 1.23. The Hall–Kier alpha value is -3.06. The highest BCUT2D eigenvalue weighted by molar-refractivity contribution is 5.95. The predicted octanol–water partition coefficient (Wildman–Crippen LogP) is 4.00. The van der Waals surface area contributed by atoms with Gasteiger partial charge in [0.1, 0.15) is 18.1 Å². The number of amides is 1. The fourth-order valence-electron chi connectivity index (χ4n) is 4.42. The van der Waals surface area contributed by atoms with Gasteiger partial charge in [0.25, 0.3) is 5.91 Å². The Kier molecular flexibility index (Phi) is 5.27. The molecule has 2 aliphatic rings. The van der Waals surface area contributed by atoms with Crippen LogP contribution in [0.5, 0.6) is 5.75 Å². The number of aromatic nitrogens is 1. The van der Waals surface area contributed by atoms with Crippen LogP contribution >= 0.6 is 0 Å². The summed E-state index contributed by atoms with van der Waals surface area (Å²) < 4.78 is 16.8. The van der Waals surface area contributed by atoms with Gasteiger partial charge in [0, 0.05) is 19.1 Å². The topological polar surface area (TPSA) is 80.7 Å². The molecule has 1 saturated carbocycles. The molecule has 1 aliphatic heterocycles. The monoisotopic (exact) mass is 407 g/mol. The van der Waals surface area contributed by atoms with E-state index in [0.717, 1.165) is 30.2 Å². The summed E-state index contributed by atoms with van der Waals surface area (Å²) >= 11 is 0. The lowest BCUT2D eigenvalue weighted by atomic mass is 10.0. The van der Waals surface area contributed by atoms with Crippen LogP contribution < -0.4 is 10.1 Å². The summed E-state index contributed by atoms with van der Waals surface area (Å²) in [5.74, 6) is 2.09. The fraction of sp³-hybridized carbons (Fsp3) is 0.391. The van der Waals surface area contributed by atoms with Gasteiger partial charge in [-0.15, -0.1) is 0 Å². The van der Waals surface area contributed by atoms with E-state index in [4.69, 9.17) is 13.7 Å². The first-order valence-corrected chi connectivity index (χ1v) is 10.5. The number of rotatable bonds is 7. The molecule has 1 N–H and O–H groups in total. The van der Waals surface area contributed by atoms with E-state index in [1.807, 2.05) is 36.4 Å². The van der Waals surface area contributed by atoms with E-state index in [1.165, 1.54) is 25.7 Å². The van der Waals surface area contributed by atoms with Crippen molar-refractivity contribution in [1.29, 1.82) is 0 Å². The smallest absolute Gasteiger partial charge is 0.273 e. The molecular formula is C23H25N3O4. The molecule has 0 atom stereocenters. The maximum Gasteiger partial charge on any atom is 0.273 e. The van der Waals surface area contributed by atoms with E-state index in [0.29, 0.717) is 29.6 Å². The first-order valence-electron chi connectivity index (χ1n) is 10.5. The average Bonchev–Trinajstić information content (AvgIpc) is 3.54. The molecule has 0 bridgehead atoms. The van der Waals surface area contributed by atoms with Crippen LogP contribution in [0.4, 0.5) is 0 Å². The van der Waals surface area contributed by atoms with Crippen LogP contribution in [0.1, 0.15) is 47.5 Å². The molecule has 1 fully saturated rings. The van der Waals surface area contributed by atoms with Gasteiger partial charge in [0.2, 0.25) is 0 Å². The molecule has 156 valence electrons. The van der Waals surface area contributed by atoms with Crippen molar-refractivity contribution in [3.63, 3.8) is 0 Å². The van der Waals surface area contributed by atoms with E-state index in [2.05, 4.69) is 15.4 Å². The lowest BCUT2D eigenvalue weighted by Gasteiger charge is -2.28. The summed E-state index contributed by atoms with van der Waals surface area (Å²) in [6.45, 7) is 2.34. The molecular weight excluding hydrogens is 382 g/mol. The molecule has 2 aromatic heterocycles. The summed E-state index contributed by atoms with van der Waals surface area (Å²) in [6, 6.07) is 12.1. The van der Waals surface area contributed by atoms with Gasteiger partial charge >= 0.3 is 0 Å². The Labute approximate surface area is 175 Å². The van der Waals surface area contributed by atoms with Crippen molar-refractivity contribution in [2.24, 2.45) is 0 Å². The van der Waals surface area contributed by atoms with Gasteiger partial charge in [-0.3, -0.25) is 9.69 Å². The van der Waals surface area contributed by atoms with E-state index in [1.54, 1.807) is 6.26 Å². The van der Waals surface area contributed by atoms with Crippen LogP contribution in [0, 0.1) is 0 Å². The number of hydrogen-bond donors (Lipinski definition) is 1. The largest absolute Gasteiger partial charge is 0.488 e. The zero-order chi connectivity index (χ0) is 20.3. The highest BCUT2D eigenvalue weighted by Crippen LogP contribution is 2.38. The van der Waals surface area contributed by atoms with Crippen LogP contribution in [0.15, 0.2) is 51.6 Å². The van der Waals surface area contributed by atoms with Gasteiger partial charge < -0.3 is 19.0 Å². The van der Waals surface area contributed by atoms with Crippen LogP contribution in [-0.2, 0) is 13.2 Å². The standard InChI is InChI=1S/C23H25N3O4/c27-23(21-19-15-29-20-10-4-3-9-18(20)22(19)30-25-21)24-11-12-26(16-6-1-2-7-16)14-17-8-5-13-28-17/h3-5,8-10,13,16H,1-2,6-7,11-12,14-15H2,(H,24,27). The first-order chi connectivity index (χ1) is 14.8.